The average molecular weight is 356 g/mol. The summed E-state index contributed by atoms with van der Waals surface area (Å²) in [5.41, 5.74) is 1.19. The number of hydrogen-bond acceptors (Lipinski definition) is 1. The highest BCUT2D eigenvalue weighted by Gasteiger charge is 2.24. The van der Waals surface area contributed by atoms with Crippen molar-refractivity contribution in [2.24, 2.45) is 5.92 Å². The summed E-state index contributed by atoms with van der Waals surface area (Å²) in [6.07, 6.45) is 9.48. The number of alkyl halides is 1. The van der Waals surface area contributed by atoms with Gasteiger partial charge in [-0.15, -0.1) is 11.3 Å². The zero-order chi connectivity index (χ0) is 12.3. The highest BCUT2D eigenvalue weighted by Crippen LogP contribution is 2.45. The standard InChI is InChI=1S/C13H17BrCl2S/c14-12(10-8-11(15)17-13(10)16)9-6-4-2-1-3-5-7-9/h8-9,12H,1-7H2. The highest BCUT2D eigenvalue weighted by atomic mass is 79.9. The molecule has 0 nitrogen and oxygen atoms in total. The van der Waals surface area contributed by atoms with Crippen molar-refractivity contribution in [2.45, 2.75) is 49.8 Å². The van der Waals surface area contributed by atoms with E-state index in [-0.39, 0.29) is 0 Å². The molecule has 0 spiro atoms. The largest absolute Gasteiger partial charge is 0.111 e. The predicted molar refractivity (Wildman–Crippen MR) is 81.8 cm³/mol. The zero-order valence-corrected chi connectivity index (χ0v) is 13.6. The first-order valence-corrected chi connectivity index (χ1v) is 8.76. The third-order valence-electron chi connectivity index (χ3n) is 3.54. The van der Waals surface area contributed by atoms with Gasteiger partial charge in [0.05, 0.1) is 8.67 Å². The number of hydrogen-bond donors (Lipinski definition) is 0. The molecule has 1 unspecified atom stereocenters. The predicted octanol–water partition coefficient (Wildman–Crippen LogP) is 6.85. The first kappa shape index (κ1) is 14.2. The summed E-state index contributed by atoms with van der Waals surface area (Å²) in [4.78, 5) is 0.372. The first-order valence-electron chi connectivity index (χ1n) is 6.27. The van der Waals surface area contributed by atoms with Crippen molar-refractivity contribution in [1.29, 1.82) is 0 Å². The third kappa shape index (κ3) is 3.86. The fourth-order valence-electron chi connectivity index (χ4n) is 2.58. The summed E-state index contributed by atoms with van der Waals surface area (Å²) >= 11 is 17.6. The van der Waals surface area contributed by atoms with Crippen molar-refractivity contribution in [3.63, 3.8) is 0 Å². The van der Waals surface area contributed by atoms with Crippen LogP contribution in [0.5, 0.6) is 0 Å². The van der Waals surface area contributed by atoms with Crippen LogP contribution in [0.1, 0.15) is 55.3 Å². The van der Waals surface area contributed by atoms with Gasteiger partial charge >= 0.3 is 0 Å². The summed E-state index contributed by atoms with van der Waals surface area (Å²) < 4.78 is 1.64. The van der Waals surface area contributed by atoms with Gasteiger partial charge in [-0.3, -0.25) is 0 Å². The monoisotopic (exact) mass is 354 g/mol. The number of thiophene rings is 1. The highest BCUT2D eigenvalue weighted by molar-refractivity contribution is 9.09. The molecule has 1 aliphatic rings. The van der Waals surface area contributed by atoms with E-state index in [2.05, 4.69) is 15.9 Å². The Bertz CT molecular complexity index is 356. The Kier molecular flexibility index (Phi) is 5.66. The van der Waals surface area contributed by atoms with Crippen LogP contribution in [0.4, 0.5) is 0 Å². The van der Waals surface area contributed by atoms with Crippen molar-refractivity contribution in [1.82, 2.24) is 0 Å². The van der Waals surface area contributed by atoms with Gasteiger partial charge in [-0.05, 0) is 30.4 Å². The molecule has 17 heavy (non-hydrogen) atoms. The Morgan fingerprint density at radius 1 is 1.12 bits per heavy atom. The molecule has 0 aromatic carbocycles. The molecule has 1 aliphatic carbocycles. The fourth-order valence-corrected chi connectivity index (χ4v) is 5.30. The summed E-state index contributed by atoms with van der Waals surface area (Å²) in [7, 11) is 0. The van der Waals surface area contributed by atoms with Crippen molar-refractivity contribution in [2.75, 3.05) is 0 Å². The van der Waals surface area contributed by atoms with Gasteiger partial charge in [-0.2, -0.15) is 0 Å². The number of halogens is 3. The van der Waals surface area contributed by atoms with E-state index in [0.717, 1.165) is 8.67 Å². The van der Waals surface area contributed by atoms with E-state index < -0.39 is 0 Å². The molecule has 1 aromatic rings. The molecule has 0 aliphatic heterocycles. The Hall–Kier alpha value is 0.760. The van der Waals surface area contributed by atoms with Crippen LogP contribution in [0.25, 0.3) is 0 Å². The second-order valence-corrected chi connectivity index (χ2v) is 8.06. The molecule has 0 saturated heterocycles. The van der Waals surface area contributed by atoms with Gasteiger partial charge in [0.1, 0.15) is 0 Å². The molecule has 2 rings (SSSR count). The molecular formula is C13H17BrCl2S. The quantitative estimate of drug-likeness (QED) is 0.508. The second-order valence-electron chi connectivity index (χ2n) is 4.79. The third-order valence-corrected chi connectivity index (χ3v) is 6.30. The van der Waals surface area contributed by atoms with Crippen LogP contribution >= 0.6 is 50.5 Å². The van der Waals surface area contributed by atoms with E-state index in [4.69, 9.17) is 23.2 Å². The van der Waals surface area contributed by atoms with Crippen LogP contribution in [-0.2, 0) is 0 Å². The van der Waals surface area contributed by atoms with Crippen molar-refractivity contribution >= 4 is 50.5 Å². The lowest BCUT2D eigenvalue weighted by atomic mass is 9.87. The lowest BCUT2D eigenvalue weighted by Crippen LogP contribution is -2.09. The van der Waals surface area contributed by atoms with Gasteiger partial charge in [0.25, 0.3) is 0 Å². The maximum atomic E-state index is 6.24. The lowest BCUT2D eigenvalue weighted by Gasteiger charge is -2.24. The zero-order valence-electron chi connectivity index (χ0n) is 9.72. The van der Waals surface area contributed by atoms with Crippen LogP contribution in [0.2, 0.25) is 8.67 Å². The molecular weight excluding hydrogens is 339 g/mol. The SMILES string of the molecule is Clc1cc(C(Br)C2CCCCCCC2)c(Cl)s1. The fraction of sp³-hybridized carbons (Fsp3) is 0.692. The molecule has 0 bridgehead atoms. The Morgan fingerprint density at radius 2 is 1.71 bits per heavy atom. The molecule has 1 fully saturated rings. The van der Waals surface area contributed by atoms with Crippen molar-refractivity contribution in [3.05, 3.63) is 20.3 Å². The van der Waals surface area contributed by atoms with Gasteiger partial charge in [-0.25, -0.2) is 0 Å². The van der Waals surface area contributed by atoms with E-state index in [0.29, 0.717) is 10.7 Å². The summed E-state index contributed by atoms with van der Waals surface area (Å²) in [5, 5.41) is 0. The minimum Gasteiger partial charge on any atom is -0.111 e. The molecule has 0 N–H and O–H groups in total. The van der Waals surface area contributed by atoms with Gasteiger partial charge in [0.2, 0.25) is 0 Å². The molecule has 1 heterocycles. The van der Waals surface area contributed by atoms with E-state index >= 15 is 0 Å². The molecule has 96 valence electrons. The summed E-state index contributed by atoms with van der Waals surface area (Å²) in [6.45, 7) is 0. The van der Waals surface area contributed by atoms with Gasteiger partial charge in [0, 0.05) is 4.83 Å². The molecule has 1 atom stereocenters. The van der Waals surface area contributed by atoms with E-state index in [1.807, 2.05) is 6.07 Å². The Morgan fingerprint density at radius 3 is 2.24 bits per heavy atom. The normalized spacial score (nSPS) is 20.9. The Balaban J connectivity index is 2.06. The second kappa shape index (κ2) is 6.79. The smallest absolute Gasteiger partial charge is 0.0987 e. The number of rotatable bonds is 2. The van der Waals surface area contributed by atoms with Crippen molar-refractivity contribution in [3.8, 4) is 0 Å². The van der Waals surface area contributed by atoms with E-state index in [1.54, 1.807) is 0 Å². The maximum absolute atomic E-state index is 6.24. The first-order chi connectivity index (χ1) is 8.18. The van der Waals surface area contributed by atoms with Crippen LogP contribution in [0.15, 0.2) is 6.07 Å². The Labute approximate surface area is 126 Å². The van der Waals surface area contributed by atoms with Gasteiger partial charge in [0.15, 0.2) is 0 Å². The molecule has 0 amide bonds. The minimum atomic E-state index is 0.372. The molecule has 4 heteroatoms. The molecule has 1 aromatic heterocycles. The van der Waals surface area contributed by atoms with Gasteiger partial charge in [-0.1, -0.05) is 71.2 Å². The van der Waals surface area contributed by atoms with Gasteiger partial charge < -0.3 is 0 Å². The van der Waals surface area contributed by atoms with Crippen LogP contribution in [0, 0.1) is 5.92 Å². The lowest BCUT2D eigenvalue weighted by molar-refractivity contribution is 0.375. The van der Waals surface area contributed by atoms with Crippen LogP contribution < -0.4 is 0 Å². The topological polar surface area (TPSA) is 0 Å². The maximum Gasteiger partial charge on any atom is 0.0987 e. The summed E-state index contributed by atoms with van der Waals surface area (Å²) in [6, 6.07) is 2.02. The van der Waals surface area contributed by atoms with E-state index in [1.165, 1.54) is 61.8 Å². The minimum absolute atomic E-state index is 0.372. The van der Waals surface area contributed by atoms with Crippen LogP contribution in [-0.4, -0.2) is 0 Å². The van der Waals surface area contributed by atoms with E-state index in [9.17, 15) is 0 Å². The summed E-state index contributed by atoms with van der Waals surface area (Å²) in [5.74, 6) is 0.707. The molecule has 1 saturated carbocycles. The van der Waals surface area contributed by atoms with Crippen LogP contribution in [0.3, 0.4) is 0 Å². The van der Waals surface area contributed by atoms with Crippen molar-refractivity contribution < 1.29 is 0 Å². The molecule has 0 radical (unpaired) electrons. The average Bonchev–Trinajstić information content (AvgIpc) is 2.56.